The van der Waals surface area contributed by atoms with E-state index >= 15 is 0 Å². The normalized spacial score (nSPS) is 13.4. The Bertz CT molecular complexity index is 557. The molecule has 0 aliphatic heterocycles. The molecular weight excluding hydrogens is 349 g/mol. The molecule has 0 saturated carbocycles. The van der Waals surface area contributed by atoms with Crippen molar-refractivity contribution in [1.29, 1.82) is 0 Å². The lowest BCUT2D eigenvalue weighted by molar-refractivity contribution is -0.148. The standard InChI is InChI=1S/C17H25ClFN3O3/c1-4-5-10-25-17(24)15(11-13-6-8-14(19)9-7-13)20-16(23)12(2)22(3)21-18/h6-9,12,15,21H,4-5,10-11H2,1-3H3,(H,20,23)/t12-,15-/m1/s1. The van der Waals surface area contributed by atoms with Gasteiger partial charge in [0.2, 0.25) is 5.91 Å². The summed E-state index contributed by atoms with van der Waals surface area (Å²) in [7, 11) is 1.60. The highest BCUT2D eigenvalue weighted by Gasteiger charge is 2.26. The summed E-state index contributed by atoms with van der Waals surface area (Å²) in [6, 6.07) is 4.31. The number of esters is 1. The van der Waals surface area contributed by atoms with Crippen LogP contribution < -0.4 is 10.3 Å². The van der Waals surface area contributed by atoms with E-state index < -0.39 is 18.1 Å². The number of nitrogens with one attached hydrogen (secondary N) is 2. The molecule has 0 aliphatic rings. The second kappa shape index (κ2) is 11.0. The Balaban J connectivity index is 2.80. The fourth-order valence-electron chi connectivity index (χ4n) is 2.01. The lowest BCUT2D eigenvalue weighted by atomic mass is 10.1. The van der Waals surface area contributed by atoms with Gasteiger partial charge in [0, 0.05) is 13.5 Å². The van der Waals surface area contributed by atoms with Gasteiger partial charge >= 0.3 is 5.97 Å². The van der Waals surface area contributed by atoms with Crippen molar-refractivity contribution >= 4 is 23.7 Å². The summed E-state index contributed by atoms with van der Waals surface area (Å²) >= 11 is 5.49. The highest BCUT2D eigenvalue weighted by Crippen LogP contribution is 2.08. The maximum absolute atomic E-state index is 13.0. The maximum atomic E-state index is 13.0. The van der Waals surface area contributed by atoms with E-state index in [0.717, 1.165) is 18.4 Å². The number of carbonyl (C=O) groups excluding carboxylic acids is 2. The first kappa shape index (κ1) is 21.3. The van der Waals surface area contributed by atoms with Crippen molar-refractivity contribution in [3.8, 4) is 0 Å². The molecule has 1 aromatic carbocycles. The minimum absolute atomic E-state index is 0.210. The molecule has 6 nitrogen and oxygen atoms in total. The number of rotatable bonds is 10. The Labute approximate surface area is 152 Å². The fourth-order valence-corrected chi connectivity index (χ4v) is 2.15. The van der Waals surface area contributed by atoms with Gasteiger partial charge < -0.3 is 10.1 Å². The Morgan fingerprint density at radius 2 is 1.96 bits per heavy atom. The fraction of sp³-hybridized carbons (Fsp3) is 0.529. The number of halogens is 2. The largest absolute Gasteiger partial charge is 0.464 e. The first-order valence-corrected chi connectivity index (χ1v) is 8.57. The Morgan fingerprint density at radius 1 is 1.32 bits per heavy atom. The molecule has 8 heteroatoms. The van der Waals surface area contributed by atoms with Gasteiger partial charge in [-0.1, -0.05) is 25.5 Å². The predicted molar refractivity (Wildman–Crippen MR) is 94.1 cm³/mol. The zero-order valence-corrected chi connectivity index (χ0v) is 15.5. The molecule has 1 rings (SSSR count). The van der Waals surface area contributed by atoms with Crippen LogP contribution in [0.4, 0.5) is 4.39 Å². The second-order valence-electron chi connectivity index (χ2n) is 5.78. The van der Waals surface area contributed by atoms with E-state index in [9.17, 15) is 14.0 Å². The molecule has 140 valence electrons. The molecule has 0 saturated heterocycles. The number of benzene rings is 1. The van der Waals surface area contributed by atoms with Crippen LogP contribution in [0.15, 0.2) is 24.3 Å². The summed E-state index contributed by atoms with van der Waals surface area (Å²) in [6.07, 6.45) is 1.85. The molecule has 1 amide bonds. The van der Waals surface area contributed by atoms with Crippen molar-refractivity contribution in [3.63, 3.8) is 0 Å². The summed E-state index contributed by atoms with van der Waals surface area (Å²) in [5.41, 5.74) is 0.718. The van der Waals surface area contributed by atoms with Crippen LogP contribution in [0.3, 0.4) is 0 Å². The molecule has 1 aromatic rings. The number of hydrogen-bond acceptors (Lipinski definition) is 5. The smallest absolute Gasteiger partial charge is 0.328 e. The maximum Gasteiger partial charge on any atom is 0.328 e. The monoisotopic (exact) mass is 373 g/mol. The van der Waals surface area contributed by atoms with Crippen LogP contribution in [0.5, 0.6) is 0 Å². The molecule has 0 heterocycles. The Hall–Kier alpha value is -1.70. The van der Waals surface area contributed by atoms with Gasteiger partial charge in [0.25, 0.3) is 0 Å². The lowest BCUT2D eigenvalue weighted by Crippen LogP contribution is -2.52. The summed E-state index contributed by atoms with van der Waals surface area (Å²) in [5.74, 6) is -1.26. The van der Waals surface area contributed by atoms with Gasteiger partial charge in [0.1, 0.15) is 17.9 Å². The topological polar surface area (TPSA) is 70.7 Å². The summed E-state index contributed by atoms with van der Waals surface area (Å²) in [4.78, 5) is 27.0. The number of nitrogens with zero attached hydrogens (tertiary/aromatic N) is 1. The summed E-state index contributed by atoms with van der Waals surface area (Å²) in [6.45, 7) is 3.92. The summed E-state index contributed by atoms with van der Waals surface area (Å²) in [5, 5.41) is 4.07. The molecule has 2 N–H and O–H groups in total. The van der Waals surface area contributed by atoms with Crippen LogP contribution in [0.25, 0.3) is 0 Å². The van der Waals surface area contributed by atoms with Crippen LogP contribution in [0.2, 0.25) is 0 Å². The number of hydrazine groups is 1. The number of carbonyl (C=O) groups is 2. The van der Waals surface area contributed by atoms with Crippen molar-refractivity contribution in [2.45, 2.75) is 45.2 Å². The SMILES string of the molecule is CCCCOC(=O)[C@@H](Cc1ccc(F)cc1)NC(=O)[C@@H](C)N(C)NCl. The van der Waals surface area contributed by atoms with Crippen molar-refractivity contribution in [2.24, 2.45) is 0 Å². The highest BCUT2D eigenvalue weighted by atomic mass is 35.5. The van der Waals surface area contributed by atoms with Gasteiger partial charge in [-0.15, -0.1) is 0 Å². The van der Waals surface area contributed by atoms with E-state index in [4.69, 9.17) is 16.5 Å². The van der Waals surface area contributed by atoms with Gasteiger partial charge in [-0.05, 0) is 42.8 Å². The van der Waals surface area contributed by atoms with E-state index in [0.29, 0.717) is 6.61 Å². The minimum atomic E-state index is -0.860. The summed E-state index contributed by atoms with van der Waals surface area (Å²) < 4.78 is 18.3. The number of ether oxygens (including phenoxy) is 1. The minimum Gasteiger partial charge on any atom is -0.464 e. The van der Waals surface area contributed by atoms with Gasteiger partial charge in [-0.25, -0.2) is 14.2 Å². The molecule has 0 aliphatic carbocycles. The van der Waals surface area contributed by atoms with E-state index in [1.165, 1.54) is 17.1 Å². The Morgan fingerprint density at radius 3 is 2.52 bits per heavy atom. The first-order valence-electron chi connectivity index (χ1n) is 8.19. The zero-order chi connectivity index (χ0) is 18.8. The Kier molecular flexibility index (Phi) is 9.41. The molecule has 0 bridgehead atoms. The molecule has 0 radical (unpaired) electrons. The molecule has 0 aromatic heterocycles. The lowest BCUT2D eigenvalue weighted by Gasteiger charge is -2.24. The number of hydrogen-bond donors (Lipinski definition) is 2. The highest BCUT2D eigenvalue weighted by molar-refractivity contribution is 6.13. The van der Waals surface area contributed by atoms with Crippen LogP contribution >= 0.6 is 11.8 Å². The van der Waals surface area contributed by atoms with Crippen molar-refractivity contribution < 1.29 is 18.7 Å². The number of unbranched alkanes of at least 4 members (excludes halogenated alkanes) is 1. The van der Waals surface area contributed by atoms with Crippen molar-refractivity contribution in [1.82, 2.24) is 15.3 Å². The zero-order valence-electron chi connectivity index (χ0n) is 14.7. The third kappa shape index (κ3) is 7.37. The van der Waals surface area contributed by atoms with Crippen LogP contribution in [-0.2, 0) is 20.7 Å². The van der Waals surface area contributed by atoms with Crippen LogP contribution in [0.1, 0.15) is 32.3 Å². The van der Waals surface area contributed by atoms with Crippen molar-refractivity contribution in [3.05, 3.63) is 35.6 Å². The van der Waals surface area contributed by atoms with Crippen molar-refractivity contribution in [2.75, 3.05) is 13.7 Å². The molecule has 25 heavy (non-hydrogen) atoms. The van der Waals surface area contributed by atoms with Gasteiger partial charge in [-0.3, -0.25) is 4.79 Å². The van der Waals surface area contributed by atoms with E-state index in [-0.39, 0.29) is 18.1 Å². The number of amides is 1. The average Bonchev–Trinajstić information content (AvgIpc) is 2.61. The quantitative estimate of drug-likeness (QED) is 0.285. The predicted octanol–water partition coefficient (Wildman–Crippen LogP) is 2.17. The van der Waals surface area contributed by atoms with Crippen LogP contribution in [0, 0.1) is 5.82 Å². The second-order valence-corrected chi connectivity index (χ2v) is 5.95. The molecule has 0 spiro atoms. The molecular formula is C17H25ClFN3O3. The van der Waals surface area contributed by atoms with E-state index in [1.807, 2.05) is 6.92 Å². The molecule has 2 atom stereocenters. The third-order valence-corrected chi connectivity index (χ3v) is 4.06. The van der Waals surface area contributed by atoms with E-state index in [2.05, 4.69) is 10.3 Å². The van der Waals surface area contributed by atoms with Gasteiger partial charge in [0.15, 0.2) is 0 Å². The van der Waals surface area contributed by atoms with Gasteiger partial charge in [-0.2, -0.15) is 4.94 Å². The molecule has 0 unspecified atom stereocenters. The number of likely N-dealkylation sites (N-methyl/N-ethyl adjacent to an activating group) is 1. The first-order chi connectivity index (χ1) is 11.9. The third-order valence-electron chi connectivity index (χ3n) is 3.79. The molecule has 0 fully saturated rings. The van der Waals surface area contributed by atoms with E-state index in [1.54, 1.807) is 26.1 Å². The average molecular weight is 374 g/mol. The van der Waals surface area contributed by atoms with Gasteiger partial charge in [0.05, 0.1) is 6.61 Å². The van der Waals surface area contributed by atoms with Crippen LogP contribution in [-0.4, -0.2) is 42.6 Å².